The Morgan fingerprint density at radius 3 is 2.62 bits per heavy atom. The zero-order chi connectivity index (χ0) is 11.5. The Morgan fingerprint density at radius 1 is 1.44 bits per heavy atom. The van der Waals surface area contributed by atoms with Gasteiger partial charge in [0.25, 0.3) is 0 Å². The van der Waals surface area contributed by atoms with Crippen molar-refractivity contribution in [3.8, 4) is 0 Å². The van der Waals surface area contributed by atoms with E-state index >= 15 is 0 Å². The summed E-state index contributed by atoms with van der Waals surface area (Å²) in [7, 11) is 0. The van der Waals surface area contributed by atoms with Crippen molar-refractivity contribution < 1.29 is 9.18 Å². The van der Waals surface area contributed by atoms with Gasteiger partial charge in [-0.1, -0.05) is 0 Å². The predicted octanol–water partition coefficient (Wildman–Crippen LogP) is 1.89. The van der Waals surface area contributed by atoms with Crippen LogP contribution in [0.4, 0.5) is 10.1 Å². The van der Waals surface area contributed by atoms with E-state index in [0.29, 0.717) is 18.0 Å². The summed E-state index contributed by atoms with van der Waals surface area (Å²) < 4.78 is 12.6. The van der Waals surface area contributed by atoms with Crippen LogP contribution < -0.4 is 11.1 Å². The monoisotopic (exact) mass is 222 g/mol. The molecule has 0 radical (unpaired) electrons. The van der Waals surface area contributed by atoms with Crippen LogP contribution in [0.1, 0.15) is 19.3 Å². The van der Waals surface area contributed by atoms with Crippen molar-refractivity contribution in [2.45, 2.75) is 25.3 Å². The third kappa shape index (κ3) is 3.03. The lowest BCUT2D eigenvalue weighted by molar-refractivity contribution is -0.116. The van der Waals surface area contributed by atoms with E-state index in [1.54, 1.807) is 0 Å². The topological polar surface area (TPSA) is 55.1 Å². The molecular weight excluding hydrogens is 207 g/mol. The van der Waals surface area contributed by atoms with E-state index in [0.717, 1.165) is 12.8 Å². The van der Waals surface area contributed by atoms with Gasteiger partial charge in [0.15, 0.2) is 0 Å². The van der Waals surface area contributed by atoms with Gasteiger partial charge in [0, 0.05) is 18.2 Å². The van der Waals surface area contributed by atoms with Crippen molar-refractivity contribution in [1.29, 1.82) is 0 Å². The maximum atomic E-state index is 12.6. The summed E-state index contributed by atoms with van der Waals surface area (Å²) in [5.41, 5.74) is 6.44. The molecule has 0 aliphatic heterocycles. The van der Waals surface area contributed by atoms with E-state index in [1.807, 2.05) is 0 Å². The summed E-state index contributed by atoms with van der Waals surface area (Å²) in [6, 6.07) is 5.67. The Morgan fingerprint density at radius 2 is 2.06 bits per heavy atom. The van der Waals surface area contributed by atoms with Gasteiger partial charge in [-0.2, -0.15) is 0 Å². The van der Waals surface area contributed by atoms with E-state index in [2.05, 4.69) is 5.32 Å². The summed E-state index contributed by atoms with van der Waals surface area (Å²) in [5, 5.41) is 2.70. The van der Waals surface area contributed by atoms with Crippen molar-refractivity contribution in [1.82, 2.24) is 0 Å². The van der Waals surface area contributed by atoms with Crippen molar-refractivity contribution in [3.05, 3.63) is 30.1 Å². The molecule has 4 heteroatoms. The Balaban J connectivity index is 1.84. The molecule has 1 aliphatic carbocycles. The number of rotatable bonds is 4. The van der Waals surface area contributed by atoms with Gasteiger partial charge in [-0.05, 0) is 43.0 Å². The third-order valence-corrected chi connectivity index (χ3v) is 2.78. The number of amides is 1. The summed E-state index contributed by atoms with van der Waals surface area (Å²) in [6.07, 6.45) is 2.60. The second kappa shape index (κ2) is 4.61. The molecule has 16 heavy (non-hydrogen) atoms. The number of benzene rings is 1. The highest BCUT2D eigenvalue weighted by Gasteiger charge is 2.29. The van der Waals surface area contributed by atoms with Gasteiger partial charge in [-0.3, -0.25) is 4.79 Å². The van der Waals surface area contributed by atoms with E-state index in [-0.39, 0.29) is 17.8 Å². The number of halogens is 1. The van der Waals surface area contributed by atoms with Crippen LogP contribution in [0.3, 0.4) is 0 Å². The van der Waals surface area contributed by atoms with Crippen LogP contribution in [-0.4, -0.2) is 11.9 Å². The van der Waals surface area contributed by atoms with Crippen LogP contribution in [0, 0.1) is 11.7 Å². The fourth-order valence-corrected chi connectivity index (χ4v) is 1.65. The van der Waals surface area contributed by atoms with Crippen LogP contribution in [0.5, 0.6) is 0 Å². The van der Waals surface area contributed by atoms with Crippen molar-refractivity contribution in [2.75, 3.05) is 5.32 Å². The second-order valence-corrected chi connectivity index (χ2v) is 4.26. The highest BCUT2D eigenvalue weighted by Crippen LogP contribution is 2.32. The summed E-state index contributed by atoms with van der Waals surface area (Å²) in [6.45, 7) is 0. The van der Waals surface area contributed by atoms with E-state index in [9.17, 15) is 9.18 Å². The summed E-state index contributed by atoms with van der Waals surface area (Å²) in [4.78, 5) is 11.6. The van der Waals surface area contributed by atoms with E-state index < -0.39 is 0 Å². The minimum absolute atomic E-state index is 0.0413. The standard InChI is InChI=1S/C12H15FN2O/c13-9-3-5-10(6-4-9)15-12(16)7-11(14)8-1-2-8/h3-6,8,11H,1-2,7,14H2,(H,15,16). The molecule has 1 aliphatic rings. The molecule has 1 aromatic rings. The third-order valence-electron chi connectivity index (χ3n) is 2.78. The molecule has 0 saturated heterocycles. The maximum absolute atomic E-state index is 12.6. The molecule has 1 aromatic carbocycles. The molecule has 0 aromatic heterocycles. The molecule has 1 unspecified atom stereocenters. The molecule has 1 atom stereocenters. The quantitative estimate of drug-likeness (QED) is 0.817. The normalized spacial score (nSPS) is 16.9. The molecule has 1 saturated carbocycles. The zero-order valence-electron chi connectivity index (χ0n) is 8.95. The maximum Gasteiger partial charge on any atom is 0.225 e. The summed E-state index contributed by atoms with van der Waals surface area (Å²) >= 11 is 0. The first-order chi connectivity index (χ1) is 7.65. The molecule has 1 fully saturated rings. The van der Waals surface area contributed by atoms with Crippen molar-refractivity contribution in [2.24, 2.45) is 11.7 Å². The molecule has 86 valence electrons. The fourth-order valence-electron chi connectivity index (χ4n) is 1.65. The lowest BCUT2D eigenvalue weighted by Gasteiger charge is -2.10. The first kappa shape index (κ1) is 11.1. The Bertz CT molecular complexity index is 373. The molecule has 1 amide bonds. The van der Waals surface area contributed by atoms with Crippen molar-refractivity contribution >= 4 is 11.6 Å². The van der Waals surface area contributed by atoms with Gasteiger partial charge in [0.05, 0.1) is 0 Å². The molecular formula is C12H15FN2O. The number of hydrogen-bond acceptors (Lipinski definition) is 2. The molecule has 2 rings (SSSR count). The second-order valence-electron chi connectivity index (χ2n) is 4.26. The summed E-state index contributed by atoms with van der Waals surface area (Å²) in [5.74, 6) is 0.0951. The Hall–Kier alpha value is -1.42. The van der Waals surface area contributed by atoms with Crippen LogP contribution in [0.2, 0.25) is 0 Å². The van der Waals surface area contributed by atoms with Crippen molar-refractivity contribution in [3.63, 3.8) is 0 Å². The predicted molar refractivity (Wildman–Crippen MR) is 60.3 cm³/mol. The van der Waals surface area contributed by atoms with Crippen LogP contribution >= 0.6 is 0 Å². The Labute approximate surface area is 93.8 Å². The molecule has 0 spiro atoms. The molecule has 0 heterocycles. The van der Waals surface area contributed by atoms with Crippen LogP contribution in [0.15, 0.2) is 24.3 Å². The van der Waals surface area contributed by atoms with Gasteiger partial charge >= 0.3 is 0 Å². The van der Waals surface area contributed by atoms with E-state index in [4.69, 9.17) is 5.73 Å². The van der Waals surface area contributed by atoms with E-state index in [1.165, 1.54) is 24.3 Å². The highest BCUT2D eigenvalue weighted by atomic mass is 19.1. The number of carbonyl (C=O) groups is 1. The largest absolute Gasteiger partial charge is 0.327 e. The van der Waals surface area contributed by atoms with Crippen LogP contribution in [-0.2, 0) is 4.79 Å². The minimum Gasteiger partial charge on any atom is -0.327 e. The van der Waals surface area contributed by atoms with Gasteiger partial charge in [-0.25, -0.2) is 4.39 Å². The molecule has 3 N–H and O–H groups in total. The lowest BCUT2D eigenvalue weighted by Crippen LogP contribution is -2.28. The number of anilines is 1. The highest BCUT2D eigenvalue weighted by molar-refractivity contribution is 5.91. The number of hydrogen-bond donors (Lipinski definition) is 2. The molecule has 3 nitrogen and oxygen atoms in total. The number of nitrogens with one attached hydrogen (secondary N) is 1. The molecule has 0 bridgehead atoms. The average Bonchev–Trinajstić information content (AvgIpc) is 3.04. The average molecular weight is 222 g/mol. The fraction of sp³-hybridized carbons (Fsp3) is 0.417. The number of carbonyl (C=O) groups excluding carboxylic acids is 1. The first-order valence-corrected chi connectivity index (χ1v) is 5.46. The van der Waals surface area contributed by atoms with Gasteiger partial charge in [-0.15, -0.1) is 0 Å². The van der Waals surface area contributed by atoms with Gasteiger partial charge < -0.3 is 11.1 Å². The SMILES string of the molecule is NC(CC(=O)Nc1ccc(F)cc1)C1CC1. The van der Waals surface area contributed by atoms with Crippen LogP contribution in [0.25, 0.3) is 0 Å². The zero-order valence-corrected chi connectivity index (χ0v) is 8.95. The number of nitrogens with two attached hydrogens (primary N) is 1. The Kier molecular flexibility index (Phi) is 3.19. The van der Waals surface area contributed by atoms with Gasteiger partial charge in [0.1, 0.15) is 5.82 Å². The lowest BCUT2D eigenvalue weighted by atomic mass is 10.1. The van der Waals surface area contributed by atoms with Gasteiger partial charge in [0.2, 0.25) is 5.91 Å². The minimum atomic E-state index is -0.312. The smallest absolute Gasteiger partial charge is 0.225 e. The first-order valence-electron chi connectivity index (χ1n) is 5.46.